The lowest BCUT2D eigenvalue weighted by Gasteiger charge is -2.25. The number of aromatic nitrogens is 2. The van der Waals surface area contributed by atoms with Gasteiger partial charge in [0.15, 0.2) is 0 Å². The summed E-state index contributed by atoms with van der Waals surface area (Å²) in [5.74, 6) is 0. The molecule has 4 heteroatoms. The molecule has 2 heterocycles. The maximum Gasteiger partial charge on any atom is 0.146 e. The smallest absolute Gasteiger partial charge is 0.146 e. The number of hydrogen-bond donors (Lipinski definition) is 0. The number of fused-ring (bicyclic) bond motifs is 12. The van der Waals surface area contributed by atoms with Crippen molar-refractivity contribution in [3.8, 4) is 0 Å². The summed E-state index contributed by atoms with van der Waals surface area (Å²) in [6.07, 6.45) is 0. The molecule has 10 rings (SSSR count). The second-order valence-electron chi connectivity index (χ2n) is 12.3. The first-order valence-electron chi connectivity index (χ1n) is 15.9. The van der Waals surface area contributed by atoms with Crippen molar-refractivity contribution in [2.75, 3.05) is 0 Å². The van der Waals surface area contributed by atoms with Crippen molar-refractivity contribution >= 4 is 104 Å². The summed E-state index contributed by atoms with van der Waals surface area (Å²) in [5, 5.41) is 14.5. The van der Waals surface area contributed by atoms with Crippen LogP contribution in [0.1, 0.15) is 0 Å². The fraction of sp³-hybridized carbons (Fsp3) is 0. The predicted octanol–water partition coefficient (Wildman–Crippen LogP) is 10.0. The minimum Gasteiger partial charge on any atom is -0.292 e. The van der Waals surface area contributed by atoms with E-state index in [-0.39, 0.29) is 0 Å². The molecule has 0 fully saturated rings. The number of para-hydroxylation sites is 1. The van der Waals surface area contributed by atoms with Gasteiger partial charge in [-0.2, -0.15) is 0 Å². The Kier molecular flexibility index (Phi) is 5.75. The van der Waals surface area contributed by atoms with Crippen LogP contribution in [0.3, 0.4) is 0 Å². The molecule has 0 radical (unpaired) electrons. The van der Waals surface area contributed by atoms with Crippen LogP contribution in [0.5, 0.6) is 0 Å². The summed E-state index contributed by atoms with van der Waals surface area (Å²) < 4.78 is 2.32. The van der Waals surface area contributed by atoms with Gasteiger partial charge in [0, 0.05) is 16.8 Å². The monoisotopic (exact) mass is 634 g/mol. The van der Waals surface area contributed by atoms with Gasteiger partial charge in [-0.15, -0.1) is 0 Å². The molecule has 0 saturated heterocycles. The van der Waals surface area contributed by atoms with Crippen molar-refractivity contribution in [2.24, 2.45) is 0 Å². The standard InChI is InChI=1S/C43H27N2PS/c47-46(32-21-19-28-9-1-2-11-31(28)25-32,33-22-20-30-18-17-29-10-3-4-12-35(29)39(30)26-33)34-23-24-42-40(27-34)44-43-38-15-6-5-13-36(38)37-14-7-8-16-41(37)45(42)43/h1-27H. The van der Waals surface area contributed by atoms with Gasteiger partial charge in [0.2, 0.25) is 0 Å². The van der Waals surface area contributed by atoms with E-state index in [1.165, 1.54) is 53.7 Å². The van der Waals surface area contributed by atoms with Crippen LogP contribution in [0.15, 0.2) is 164 Å². The van der Waals surface area contributed by atoms with Crippen LogP contribution in [0.4, 0.5) is 0 Å². The van der Waals surface area contributed by atoms with Gasteiger partial charge >= 0.3 is 0 Å². The number of benzene rings is 8. The number of rotatable bonds is 3. The third-order valence-corrected chi connectivity index (χ3v) is 14.7. The van der Waals surface area contributed by atoms with Crippen molar-refractivity contribution in [1.29, 1.82) is 0 Å². The van der Waals surface area contributed by atoms with Crippen LogP contribution in [0.2, 0.25) is 0 Å². The lowest BCUT2D eigenvalue weighted by atomic mass is 10.0. The molecule has 0 aliphatic carbocycles. The maximum atomic E-state index is 7.02. The second kappa shape index (κ2) is 10.1. The average molecular weight is 635 g/mol. The predicted molar refractivity (Wildman–Crippen MR) is 206 cm³/mol. The van der Waals surface area contributed by atoms with E-state index >= 15 is 0 Å². The molecular weight excluding hydrogens is 608 g/mol. The average Bonchev–Trinajstić information content (AvgIpc) is 3.54. The van der Waals surface area contributed by atoms with Gasteiger partial charge in [-0.25, -0.2) is 4.98 Å². The highest BCUT2D eigenvalue weighted by atomic mass is 32.4. The quantitative estimate of drug-likeness (QED) is 0.142. The van der Waals surface area contributed by atoms with Gasteiger partial charge in [0.25, 0.3) is 0 Å². The van der Waals surface area contributed by atoms with E-state index in [2.05, 4.69) is 168 Å². The van der Waals surface area contributed by atoms with E-state index in [0.717, 1.165) is 32.9 Å². The minimum atomic E-state index is -2.52. The summed E-state index contributed by atoms with van der Waals surface area (Å²) in [6, 6.07) is 56.8. The largest absolute Gasteiger partial charge is 0.292 e. The zero-order valence-electron chi connectivity index (χ0n) is 25.3. The van der Waals surface area contributed by atoms with E-state index in [9.17, 15) is 0 Å². The third-order valence-electron chi connectivity index (χ3n) is 9.80. The summed E-state index contributed by atoms with van der Waals surface area (Å²) >= 11 is 7.02. The molecule has 2 nitrogen and oxygen atoms in total. The van der Waals surface area contributed by atoms with Crippen molar-refractivity contribution in [3.63, 3.8) is 0 Å². The fourth-order valence-corrected chi connectivity index (χ4v) is 11.2. The van der Waals surface area contributed by atoms with Crippen molar-refractivity contribution in [2.45, 2.75) is 0 Å². The number of pyridine rings is 1. The van der Waals surface area contributed by atoms with Crippen molar-refractivity contribution in [3.05, 3.63) is 164 Å². The van der Waals surface area contributed by atoms with Crippen LogP contribution < -0.4 is 15.9 Å². The van der Waals surface area contributed by atoms with E-state index in [1.807, 2.05) is 0 Å². The van der Waals surface area contributed by atoms with Crippen molar-refractivity contribution in [1.82, 2.24) is 9.38 Å². The van der Waals surface area contributed by atoms with Gasteiger partial charge < -0.3 is 0 Å². The Morgan fingerprint density at radius 1 is 0.404 bits per heavy atom. The number of nitrogens with zero attached hydrogens (tertiary/aromatic N) is 2. The Labute approximate surface area is 276 Å². The Morgan fingerprint density at radius 3 is 1.79 bits per heavy atom. The molecular formula is C43H27N2PS. The first-order valence-corrected chi connectivity index (χ1v) is 18.7. The molecule has 0 aliphatic heterocycles. The van der Waals surface area contributed by atoms with Crippen LogP contribution in [0.25, 0.3) is 70.7 Å². The Balaban J connectivity index is 1.29. The number of imidazole rings is 1. The fourth-order valence-electron chi connectivity index (χ4n) is 7.50. The topological polar surface area (TPSA) is 17.3 Å². The molecule has 2 aromatic heterocycles. The molecule has 0 N–H and O–H groups in total. The SMILES string of the molecule is S=P(c1ccc2ccccc2c1)(c1ccc2c(c1)nc1c3ccccc3c3ccccc3n21)c1ccc2ccc3ccccc3c2c1. The lowest BCUT2D eigenvalue weighted by Crippen LogP contribution is -2.25. The summed E-state index contributed by atoms with van der Waals surface area (Å²) in [6.45, 7) is 0. The first kappa shape index (κ1) is 26.8. The minimum absolute atomic E-state index is 0.963. The van der Waals surface area contributed by atoms with E-state index < -0.39 is 6.04 Å². The summed E-state index contributed by atoms with van der Waals surface area (Å²) in [7, 11) is 0. The number of hydrogen-bond acceptors (Lipinski definition) is 2. The molecule has 1 unspecified atom stereocenters. The highest BCUT2D eigenvalue weighted by Gasteiger charge is 2.27. The molecule has 47 heavy (non-hydrogen) atoms. The molecule has 220 valence electrons. The van der Waals surface area contributed by atoms with Gasteiger partial charge in [0.1, 0.15) is 5.65 Å². The Morgan fingerprint density at radius 2 is 0.957 bits per heavy atom. The molecule has 0 bridgehead atoms. The van der Waals surface area contributed by atoms with Gasteiger partial charge in [-0.05, 0) is 83.9 Å². The molecule has 8 aromatic carbocycles. The Bertz CT molecular complexity index is 2960. The van der Waals surface area contributed by atoms with Gasteiger partial charge in [0.05, 0.1) is 16.6 Å². The highest BCUT2D eigenvalue weighted by molar-refractivity contribution is 8.25. The second-order valence-corrected chi connectivity index (χ2v) is 16.8. The van der Waals surface area contributed by atoms with Gasteiger partial charge in [-0.1, -0.05) is 145 Å². The van der Waals surface area contributed by atoms with Crippen LogP contribution in [0, 0.1) is 0 Å². The summed E-state index contributed by atoms with van der Waals surface area (Å²) in [5.41, 5.74) is 4.19. The maximum absolute atomic E-state index is 7.02. The zero-order valence-corrected chi connectivity index (χ0v) is 27.0. The first-order chi connectivity index (χ1) is 23.2. The third kappa shape index (κ3) is 3.91. The van der Waals surface area contributed by atoms with Crippen LogP contribution in [-0.2, 0) is 11.8 Å². The molecule has 10 aromatic rings. The zero-order chi connectivity index (χ0) is 31.1. The molecule has 0 saturated carbocycles. The normalized spacial score (nSPS) is 13.4. The summed E-state index contributed by atoms with van der Waals surface area (Å²) in [4.78, 5) is 5.33. The van der Waals surface area contributed by atoms with Gasteiger partial charge in [-0.3, -0.25) is 4.40 Å². The van der Waals surface area contributed by atoms with E-state index in [0.29, 0.717) is 0 Å². The molecule has 0 spiro atoms. The lowest BCUT2D eigenvalue weighted by molar-refractivity contribution is 1.31. The molecule has 0 aliphatic rings. The van der Waals surface area contributed by atoms with E-state index in [4.69, 9.17) is 16.8 Å². The van der Waals surface area contributed by atoms with Crippen LogP contribution in [-0.4, -0.2) is 9.38 Å². The van der Waals surface area contributed by atoms with Crippen molar-refractivity contribution < 1.29 is 0 Å². The molecule has 0 amide bonds. The van der Waals surface area contributed by atoms with Crippen LogP contribution >= 0.6 is 6.04 Å². The highest BCUT2D eigenvalue weighted by Crippen LogP contribution is 2.45. The Hall–Kier alpha value is -5.34. The van der Waals surface area contributed by atoms with E-state index in [1.54, 1.807) is 0 Å². The molecule has 1 atom stereocenters.